The van der Waals surface area contributed by atoms with Gasteiger partial charge in [0, 0.05) is 19.7 Å². The Bertz CT molecular complexity index is 371. The van der Waals surface area contributed by atoms with E-state index in [2.05, 4.69) is 20.4 Å². The van der Waals surface area contributed by atoms with Gasteiger partial charge in [0.1, 0.15) is 0 Å². The predicted octanol–water partition coefficient (Wildman–Crippen LogP) is -0.316. The zero-order chi connectivity index (χ0) is 12.2. The Morgan fingerprint density at radius 2 is 2.11 bits per heavy atom. The van der Waals surface area contributed by atoms with Crippen molar-refractivity contribution >= 4 is 0 Å². The number of morpholine rings is 1. The molecule has 18 heavy (non-hydrogen) atoms. The Kier molecular flexibility index (Phi) is 3.82. The summed E-state index contributed by atoms with van der Waals surface area (Å²) in [6, 6.07) is 0. The van der Waals surface area contributed by atoms with E-state index >= 15 is 0 Å². The summed E-state index contributed by atoms with van der Waals surface area (Å²) in [5, 5.41) is 12.0. The molecule has 0 amide bonds. The Labute approximate surface area is 106 Å². The normalized spacial score (nSPS) is 25.7. The van der Waals surface area contributed by atoms with Crippen molar-refractivity contribution in [1.29, 1.82) is 0 Å². The molecule has 1 aromatic rings. The van der Waals surface area contributed by atoms with E-state index < -0.39 is 0 Å². The van der Waals surface area contributed by atoms with Crippen LogP contribution >= 0.6 is 0 Å². The molecule has 0 aromatic carbocycles. The summed E-state index contributed by atoms with van der Waals surface area (Å²) in [4.78, 5) is 2.32. The van der Waals surface area contributed by atoms with Crippen molar-refractivity contribution in [2.75, 3.05) is 32.9 Å². The summed E-state index contributed by atoms with van der Waals surface area (Å²) in [5.41, 5.74) is 0. The highest BCUT2D eigenvalue weighted by atomic mass is 16.5. The molecule has 1 atom stereocenters. The molecule has 3 rings (SSSR count). The third-order valence-corrected chi connectivity index (χ3v) is 3.48. The third kappa shape index (κ3) is 2.85. The molecule has 0 radical (unpaired) electrons. The zero-order valence-corrected chi connectivity index (χ0v) is 10.5. The van der Waals surface area contributed by atoms with Crippen molar-refractivity contribution in [3.8, 4) is 0 Å². The first-order valence-electron chi connectivity index (χ1n) is 6.58. The third-order valence-electron chi connectivity index (χ3n) is 3.48. The SMILES string of the molecule is C1CO[C@@H](Cn2nnnc2CN2CCOCC2)C1. The maximum Gasteiger partial charge on any atom is 0.165 e. The average molecular weight is 253 g/mol. The maximum atomic E-state index is 5.62. The van der Waals surface area contributed by atoms with Crippen molar-refractivity contribution in [2.45, 2.75) is 32.0 Å². The highest BCUT2D eigenvalue weighted by Crippen LogP contribution is 2.14. The van der Waals surface area contributed by atoms with Crippen molar-refractivity contribution in [3.05, 3.63) is 5.82 Å². The Hall–Kier alpha value is -1.05. The van der Waals surface area contributed by atoms with E-state index in [4.69, 9.17) is 9.47 Å². The quantitative estimate of drug-likeness (QED) is 0.733. The summed E-state index contributed by atoms with van der Waals surface area (Å²) < 4.78 is 12.8. The van der Waals surface area contributed by atoms with Crippen LogP contribution in [0.25, 0.3) is 0 Å². The number of ether oxygens (including phenoxy) is 2. The summed E-state index contributed by atoms with van der Waals surface area (Å²) in [5.74, 6) is 0.924. The molecule has 0 saturated carbocycles. The van der Waals surface area contributed by atoms with Gasteiger partial charge < -0.3 is 9.47 Å². The first-order valence-corrected chi connectivity index (χ1v) is 6.58. The van der Waals surface area contributed by atoms with Gasteiger partial charge in [-0.25, -0.2) is 4.68 Å². The molecule has 2 aliphatic rings. The Balaban J connectivity index is 1.59. The van der Waals surface area contributed by atoms with Gasteiger partial charge in [-0.05, 0) is 23.3 Å². The maximum absolute atomic E-state index is 5.62. The van der Waals surface area contributed by atoms with Gasteiger partial charge in [0.2, 0.25) is 0 Å². The van der Waals surface area contributed by atoms with E-state index in [9.17, 15) is 0 Å². The lowest BCUT2D eigenvalue weighted by molar-refractivity contribution is 0.0316. The summed E-state index contributed by atoms with van der Waals surface area (Å²) >= 11 is 0. The highest BCUT2D eigenvalue weighted by molar-refractivity contribution is 4.83. The van der Waals surface area contributed by atoms with Crippen LogP contribution < -0.4 is 0 Å². The van der Waals surface area contributed by atoms with Gasteiger partial charge in [-0.15, -0.1) is 5.10 Å². The summed E-state index contributed by atoms with van der Waals surface area (Å²) in [6.45, 7) is 5.93. The molecule has 7 nitrogen and oxygen atoms in total. The molecule has 0 bridgehead atoms. The zero-order valence-electron chi connectivity index (χ0n) is 10.5. The number of nitrogens with zero attached hydrogens (tertiary/aromatic N) is 5. The van der Waals surface area contributed by atoms with E-state index in [-0.39, 0.29) is 6.10 Å². The van der Waals surface area contributed by atoms with Crippen LogP contribution in [0.2, 0.25) is 0 Å². The number of rotatable bonds is 4. The number of hydrogen-bond donors (Lipinski definition) is 0. The second-order valence-corrected chi connectivity index (χ2v) is 4.80. The average Bonchev–Trinajstić information content (AvgIpc) is 3.04. The topological polar surface area (TPSA) is 65.3 Å². The lowest BCUT2D eigenvalue weighted by atomic mass is 10.2. The van der Waals surface area contributed by atoms with Crippen molar-refractivity contribution in [2.24, 2.45) is 0 Å². The van der Waals surface area contributed by atoms with Crippen LogP contribution in [0.15, 0.2) is 0 Å². The minimum Gasteiger partial charge on any atom is -0.379 e. The fraction of sp³-hybridized carbons (Fsp3) is 0.909. The second kappa shape index (κ2) is 5.73. The van der Waals surface area contributed by atoms with Crippen LogP contribution in [-0.4, -0.2) is 64.1 Å². The fourth-order valence-electron chi connectivity index (χ4n) is 2.42. The monoisotopic (exact) mass is 253 g/mol. The molecule has 0 N–H and O–H groups in total. The first kappa shape index (κ1) is 12.0. The molecule has 0 spiro atoms. The molecule has 7 heteroatoms. The molecular formula is C11H19N5O2. The Morgan fingerprint density at radius 3 is 2.89 bits per heavy atom. The van der Waals surface area contributed by atoms with Crippen LogP contribution in [0.4, 0.5) is 0 Å². The van der Waals surface area contributed by atoms with E-state index in [1.807, 2.05) is 4.68 Å². The van der Waals surface area contributed by atoms with Gasteiger partial charge >= 0.3 is 0 Å². The summed E-state index contributed by atoms with van der Waals surface area (Å²) in [7, 11) is 0. The number of aromatic nitrogens is 4. The van der Waals surface area contributed by atoms with E-state index in [0.29, 0.717) is 0 Å². The minimum atomic E-state index is 0.275. The van der Waals surface area contributed by atoms with Gasteiger partial charge in [-0.1, -0.05) is 0 Å². The van der Waals surface area contributed by atoms with Crippen molar-refractivity contribution in [1.82, 2.24) is 25.1 Å². The van der Waals surface area contributed by atoms with Gasteiger partial charge in [0.25, 0.3) is 0 Å². The predicted molar refractivity (Wildman–Crippen MR) is 62.9 cm³/mol. The molecule has 2 saturated heterocycles. The number of hydrogen-bond acceptors (Lipinski definition) is 6. The van der Waals surface area contributed by atoms with Crippen LogP contribution in [0.3, 0.4) is 0 Å². The van der Waals surface area contributed by atoms with E-state index in [1.54, 1.807) is 0 Å². The van der Waals surface area contributed by atoms with Crippen molar-refractivity contribution in [3.63, 3.8) is 0 Å². The first-order chi connectivity index (χ1) is 8.92. The molecule has 2 fully saturated rings. The van der Waals surface area contributed by atoms with Crippen LogP contribution in [0.1, 0.15) is 18.7 Å². The van der Waals surface area contributed by atoms with Crippen molar-refractivity contribution < 1.29 is 9.47 Å². The van der Waals surface area contributed by atoms with E-state index in [1.165, 1.54) is 0 Å². The molecule has 1 aromatic heterocycles. The lowest BCUT2D eigenvalue weighted by Gasteiger charge is -2.25. The highest BCUT2D eigenvalue weighted by Gasteiger charge is 2.20. The molecular weight excluding hydrogens is 234 g/mol. The smallest absolute Gasteiger partial charge is 0.165 e. The van der Waals surface area contributed by atoms with Gasteiger partial charge in [0.15, 0.2) is 5.82 Å². The number of tetrazole rings is 1. The molecule has 0 unspecified atom stereocenters. The van der Waals surface area contributed by atoms with Crippen LogP contribution in [0.5, 0.6) is 0 Å². The standard InChI is InChI=1S/C11H19N5O2/c1-2-10(18-5-1)8-16-11(12-13-14-16)9-15-3-6-17-7-4-15/h10H,1-9H2/t10-/m1/s1. The minimum absolute atomic E-state index is 0.275. The van der Waals surface area contributed by atoms with Crippen LogP contribution in [-0.2, 0) is 22.6 Å². The Morgan fingerprint density at radius 1 is 1.22 bits per heavy atom. The molecule has 100 valence electrons. The molecule has 2 aliphatic heterocycles. The van der Waals surface area contributed by atoms with Crippen LogP contribution in [0, 0.1) is 0 Å². The van der Waals surface area contributed by atoms with Gasteiger partial charge in [-0.2, -0.15) is 0 Å². The second-order valence-electron chi connectivity index (χ2n) is 4.80. The molecule has 0 aliphatic carbocycles. The van der Waals surface area contributed by atoms with Gasteiger partial charge in [0.05, 0.1) is 32.4 Å². The van der Waals surface area contributed by atoms with E-state index in [0.717, 1.165) is 64.7 Å². The largest absolute Gasteiger partial charge is 0.379 e. The molecule has 3 heterocycles. The summed E-state index contributed by atoms with van der Waals surface area (Å²) in [6.07, 6.45) is 2.53. The lowest BCUT2D eigenvalue weighted by Crippen LogP contribution is -2.36. The fourth-order valence-corrected chi connectivity index (χ4v) is 2.42. The van der Waals surface area contributed by atoms with Gasteiger partial charge in [-0.3, -0.25) is 4.90 Å².